The first kappa shape index (κ1) is 20.3. The van der Waals surface area contributed by atoms with Gasteiger partial charge < -0.3 is 14.8 Å². The quantitative estimate of drug-likeness (QED) is 0.453. The number of allylic oxidation sites excluding steroid dienone is 1. The van der Waals surface area contributed by atoms with Crippen molar-refractivity contribution in [2.75, 3.05) is 26.2 Å². The molecule has 0 spiro atoms. The van der Waals surface area contributed by atoms with Gasteiger partial charge in [-0.2, -0.15) is 0 Å². The number of benzene rings is 2. The van der Waals surface area contributed by atoms with E-state index in [1.54, 1.807) is 11.0 Å². The molecular weight excluding hydrogens is 449 g/mol. The number of ketones is 1. The van der Waals surface area contributed by atoms with Crippen LogP contribution in [0.2, 0.25) is 0 Å². The number of piperazine rings is 1. The Morgan fingerprint density at radius 3 is 2.37 bits per heavy atom. The van der Waals surface area contributed by atoms with Crippen LogP contribution in [-0.2, 0) is 4.79 Å². The number of nitrogens with zero attached hydrogens (tertiary/aromatic N) is 2. The fourth-order valence-corrected chi connectivity index (χ4v) is 4.35. The van der Waals surface area contributed by atoms with Crippen molar-refractivity contribution in [3.8, 4) is 0 Å². The van der Waals surface area contributed by atoms with Gasteiger partial charge in [-0.25, -0.2) is 4.39 Å². The molecule has 5 nitrogen and oxygen atoms in total. The number of halogens is 2. The Hall–Kier alpha value is -2.93. The van der Waals surface area contributed by atoms with Crippen LogP contribution in [0.3, 0.4) is 0 Å². The molecule has 4 rings (SSSR count). The summed E-state index contributed by atoms with van der Waals surface area (Å²) in [4.78, 5) is 32.4. The molecule has 2 heterocycles. The van der Waals surface area contributed by atoms with E-state index in [9.17, 15) is 14.0 Å². The first-order chi connectivity index (χ1) is 14.5. The minimum Gasteiger partial charge on any atom is -0.368 e. The number of nitrogens with one attached hydrogen (secondary N) is 1. The molecule has 0 radical (unpaired) electrons. The molecule has 0 aliphatic carbocycles. The molecule has 0 unspecified atom stereocenters. The number of amides is 1. The van der Waals surface area contributed by atoms with E-state index >= 15 is 0 Å². The van der Waals surface area contributed by atoms with E-state index in [0.717, 1.165) is 11.3 Å². The molecule has 2 aromatic carbocycles. The molecule has 1 aromatic heterocycles. The summed E-state index contributed by atoms with van der Waals surface area (Å²) in [5.74, 6) is -1.83. The third-order valence-corrected chi connectivity index (χ3v) is 6.08. The van der Waals surface area contributed by atoms with Crippen LogP contribution in [0.4, 0.5) is 4.39 Å². The predicted molar refractivity (Wildman–Crippen MR) is 119 cm³/mol. The number of hydrogen-bond acceptors (Lipinski definition) is 3. The maximum absolute atomic E-state index is 14.3. The number of aromatic nitrogens is 1. The second kappa shape index (κ2) is 8.44. The molecular formula is C23H21BrFN3O2. The lowest BCUT2D eigenvalue weighted by Gasteiger charge is -2.37. The summed E-state index contributed by atoms with van der Waals surface area (Å²) >= 11 is 3.34. The van der Waals surface area contributed by atoms with Gasteiger partial charge in [0.15, 0.2) is 0 Å². The topological polar surface area (TPSA) is 56.4 Å². The molecule has 1 amide bonds. The van der Waals surface area contributed by atoms with Crippen LogP contribution in [-0.4, -0.2) is 52.7 Å². The predicted octanol–water partition coefficient (Wildman–Crippen LogP) is 4.46. The molecule has 0 atom stereocenters. The minimum atomic E-state index is -0.694. The van der Waals surface area contributed by atoms with Crippen molar-refractivity contribution in [1.82, 2.24) is 14.8 Å². The maximum atomic E-state index is 14.3. The van der Waals surface area contributed by atoms with Crippen LogP contribution in [0.15, 0.2) is 59.2 Å². The Balaban J connectivity index is 1.49. The summed E-state index contributed by atoms with van der Waals surface area (Å²) < 4.78 is 15.0. The van der Waals surface area contributed by atoms with E-state index in [1.807, 2.05) is 25.1 Å². The van der Waals surface area contributed by atoms with Crippen LogP contribution in [0.25, 0.3) is 16.6 Å². The highest BCUT2D eigenvalue weighted by Crippen LogP contribution is 2.29. The van der Waals surface area contributed by atoms with Gasteiger partial charge in [-0.3, -0.25) is 9.59 Å². The maximum Gasteiger partial charge on any atom is 0.295 e. The second-order valence-electron chi connectivity index (χ2n) is 7.13. The molecule has 1 saturated heterocycles. The summed E-state index contributed by atoms with van der Waals surface area (Å²) in [6, 6.07) is 12.9. The number of hydrogen-bond donors (Lipinski definition) is 1. The van der Waals surface area contributed by atoms with Crippen molar-refractivity contribution in [1.29, 1.82) is 0 Å². The third kappa shape index (κ3) is 3.65. The monoisotopic (exact) mass is 469 g/mol. The van der Waals surface area contributed by atoms with Crippen molar-refractivity contribution in [2.24, 2.45) is 0 Å². The SMILES string of the molecule is CC=C(c1ccccc1)N1CCN(C(=O)C(=O)c2c[nH]c3c(Br)ccc(F)c23)CC1. The van der Waals surface area contributed by atoms with Crippen molar-refractivity contribution < 1.29 is 14.0 Å². The van der Waals surface area contributed by atoms with E-state index in [0.29, 0.717) is 36.2 Å². The molecule has 3 aromatic rings. The van der Waals surface area contributed by atoms with Crippen molar-refractivity contribution in [3.63, 3.8) is 0 Å². The number of aromatic amines is 1. The van der Waals surface area contributed by atoms with Crippen molar-refractivity contribution in [2.45, 2.75) is 6.92 Å². The van der Waals surface area contributed by atoms with Gasteiger partial charge in [0.1, 0.15) is 5.82 Å². The Bertz CT molecular complexity index is 1130. The van der Waals surface area contributed by atoms with Crippen LogP contribution in [0.5, 0.6) is 0 Å². The average molecular weight is 470 g/mol. The van der Waals surface area contributed by atoms with Gasteiger partial charge in [-0.05, 0) is 40.5 Å². The van der Waals surface area contributed by atoms with Gasteiger partial charge in [0, 0.05) is 47.9 Å². The van der Waals surface area contributed by atoms with Crippen LogP contribution >= 0.6 is 15.9 Å². The molecule has 1 fully saturated rings. The van der Waals surface area contributed by atoms with Gasteiger partial charge in [0.25, 0.3) is 11.7 Å². The molecule has 30 heavy (non-hydrogen) atoms. The fraction of sp³-hybridized carbons (Fsp3) is 0.217. The highest BCUT2D eigenvalue weighted by Gasteiger charge is 2.30. The van der Waals surface area contributed by atoms with E-state index < -0.39 is 17.5 Å². The zero-order chi connectivity index (χ0) is 21.3. The Labute approximate surface area is 182 Å². The lowest BCUT2D eigenvalue weighted by Crippen LogP contribution is -2.49. The van der Waals surface area contributed by atoms with Crippen molar-refractivity contribution >= 4 is 44.2 Å². The van der Waals surface area contributed by atoms with Crippen LogP contribution in [0.1, 0.15) is 22.8 Å². The number of carbonyl (C=O) groups excluding carboxylic acids is 2. The van der Waals surface area contributed by atoms with Gasteiger partial charge in [0.05, 0.1) is 11.1 Å². The van der Waals surface area contributed by atoms with Crippen LogP contribution in [0, 0.1) is 5.82 Å². The highest BCUT2D eigenvalue weighted by atomic mass is 79.9. The van der Waals surface area contributed by atoms with Gasteiger partial charge in [-0.15, -0.1) is 0 Å². The molecule has 0 saturated carbocycles. The Kier molecular flexibility index (Phi) is 5.72. The molecule has 1 aliphatic rings. The van der Waals surface area contributed by atoms with Gasteiger partial charge in [0.2, 0.25) is 0 Å². The zero-order valence-corrected chi connectivity index (χ0v) is 18.1. The minimum absolute atomic E-state index is 0.0645. The second-order valence-corrected chi connectivity index (χ2v) is 7.98. The molecule has 1 N–H and O–H groups in total. The Morgan fingerprint density at radius 2 is 1.70 bits per heavy atom. The normalized spacial score (nSPS) is 15.0. The summed E-state index contributed by atoms with van der Waals surface area (Å²) in [6.45, 7) is 4.11. The molecule has 0 bridgehead atoms. The first-order valence-corrected chi connectivity index (χ1v) is 10.6. The number of Topliss-reactive ketones (excluding diaryl/α,β-unsaturated/α-hetero) is 1. The zero-order valence-electron chi connectivity index (χ0n) is 16.5. The first-order valence-electron chi connectivity index (χ1n) is 9.76. The third-order valence-electron chi connectivity index (χ3n) is 5.42. The van der Waals surface area contributed by atoms with Gasteiger partial charge in [-0.1, -0.05) is 36.4 Å². The van der Waals surface area contributed by atoms with E-state index in [4.69, 9.17) is 0 Å². The summed E-state index contributed by atoms with van der Waals surface area (Å²) in [6.07, 6.45) is 3.47. The van der Waals surface area contributed by atoms with E-state index in [-0.39, 0.29) is 10.9 Å². The van der Waals surface area contributed by atoms with Gasteiger partial charge >= 0.3 is 0 Å². The highest BCUT2D eigenvalue weighted by molar-refractivity contribution is 9.10. The number of fused-ring (bicyclic) bond motifs is 1. The standard InChI is InChI=1S/C23H21BrFN3O2/c1-2-19(15-6-4-3-5-7-15)27-10-12-28(13-11-27)23(30)22(29)16-14-26-21-17(24)8-9-18(25)20(16)21/h2-9,14,26H,10-13H2,1H3. The van der Waals surface area contributed by atoms with Crippen LogP contribution < -0.4 is 0 Å². The smallest absolute Gasteiger partial charge is 0.295 e. The van der Waals surface area contributed by atoms with Crippen molar-refractivity contribution in [3.05, 3.63) is 76.2 Å². The lowest BCUT2D eigenvalue weighted by atomic mass is 10.1. The largest absolute Gasteiger partial charge is 0.368 e. The summed E-state index contributed by atoms with van der Waals surface area (Å²) in [5, 5.41) is 0.140. The summed E-state index contributed by atoms with van der Waals surface area (Å²) in [7, 11) is 0. The average Bonchev–Trinajstić information content (AvgIpc) is 3.24. The molecule has 1 aliphatic heterocycles. The molecule has 7 heteroatoms. The van der Waals surface area contributed by atoms with E-state index in [2.05, 4.69) is 44.0 Å². The number of H-pyrrole nitrogens is 1. The lowest BCUT2D eigenvalue weighted by molar-refractivity contribution is -0.127. The van der Waals surface area contributed by atoms with E-state index in [1.165, 1.54) is 12.3 Å². The summed E-state index contributed by atoms with van der Waals surface area (Å²) in [5.41, 5.74) is 2.76. The molecule has 154 valence electrons. The number of rotatable bonds is 4. The Morgan fingerprint density at radius 1 is 1.03 bits per heavy atom. The number of carbonyl (C=O) groups is 2. The fourth-order valence-electron chi connectivity index (χ4n) is 3.90.